The summed E-state index contributed by atoms with van der Waals surface area (Å²) < 4.78 is 2.06. The number of nitrogens with one attached hydrogen (secondary N) is 1. The van der Waals surface area contributed by atoms with Gasteiger partial charge in [0.15, 0.2) is 0 Å². The lowest BCUT2D eigenvalue weighted by Crippen LogP contribution is -2.45. The van der Waals surface area contributed by atoms with Crippen molar-refractivity contribution in [3.05, 3.63) is 58.4 Å². The molecule has 2 aromatic rings. The molecule has 3 aliphatic rings. The summed E-state index contributed by atoms with van der Waals surface area (Å²) >= 11 is 0. The van der Waals surface area contributed by atoms with Crippen molar-refractivity contribution >= 4 is 11.9 Å². The average molecular weight is 389 g/mol. The first kappa shape index (κ1) is 17.8. The average Bonchev–Trinajstić information content (AvgIpc) is 3.65. The van der Waals surface area contributed by atoms with Gasteiger partial charge in [-0.3, -0.25) is 4.79 Å². The molecule has 7 heteroatoms. The van der Waals surface area contributed by atoms with Gasteiger partial charge in [0.25, 0.3) is 5.91 Å². The predicted molar refractivity (Wildman–Crippen MR) is 106 cm³/mol. The zero-order chi connectivity index (χ0) is 20.1. The number of carbonyl (C=O) groups excluding carboxylic acids is 2. The van der Waals surface area contributed by atoms with Gasteiger partial charge in [0.2, 0.25) is 0 Å². The van der Waals surface area contributed by atoms with Crippen LogP contribution in [0.2, 0.25) is 0 Å². The molecule has 29 heavy (non-hydrogen) atoms. The number of benzene rings is 1. The number of aromatic nitrogens is 1. The first-order valence-corrected chi connectivity index (χ1v) is 10.1. The highest BCUT2D eigenvalue weighted by Crippen LogP contribution is 2.45. The maximum absolute atomic E-state index is 12.8. The lowest BCUT2D eigenvalue weighted by Gasteiger charge is -2.30. The molecule has 2 atom stereocenters. The third-order valence-electron chi connectivity index (χ3n) is 6.28. The summed E-state index contributed by atoms with van der Waals surface area (Å²) in [4.78, 5) is 26.7. The van der Waals surface area contributed by atoms with Crippen LogP contribution in [-0.4, -0.2) is 34.0 Å². The lowest BCUT2D eigenvalue weighted by molar-refractivity contribution is 0.0996. The van der Waals surface area contributed by atoms with E-state index in [0.29, 0.717) is 48.3 Å². The van der Waals surface area contributed by atoms with Crippen LogP contribution >= 0.6 is 0 Å². The summed E-state index contributed by atoms with van der Waals surface area (Å²) in [5.74, 6) is 0.0995. The van der Waals surface area contributed by atoms with E-state index in [1.807, 2.05) is 18.2 Å². The van der Waals surface area contributed by atoms with Crippen LogP contribution in [0.25, 0.3) is 0 Å². The van der Waals surface area contributed by atoms with Gasteiger partial charge in [-0.15, -0.1) is 0 Å². The molecule has 148 valence electrons. The monoisotopic (exact) mass is 389 g/mol. The largest absolute Gasteiger partial charge is 0.366 e. The van der Waals surface area contributed by atoms with E-state index in [9.17, 15) is 14.9 Å². The Balaban J connectivity index is 1.34. The molecule has 3 amide bonds. The highest BCUT2D eigenvalue weighted by atomic mass is 16.2. The number of hydrogen-bond acceptors (Lipinski definition) is 3. The molecule has 0 radical (unpaired) electrons. The van der Waals surface area contributed by atoms with Crippen LogP contribution in [0, 0.1) is 11.3 Å². The molecule has 2 fully saturated rings. The minimum absolute atomic E-state index is 0.122. The normalized spacial score (nSPS) is 22.5. The second kappa shape index (κ2) is 6.66. The van der Waals surface area contributed by atoms with Crippen molar-refractivity contribution in [3.8, 4) is 6.07 Å². The predicted octanol–water partition coefficient (Wildman–Crippen LogP) is 2.42. The summed E-state index contributed by atoms with van der Waals surface area (Å²) in [6.07, 6.45) is 3.00. The van der Waals surface area contributed by atoms with Gasteiger partial charge in [-0.05, 0) is 24.8 Å². The summed E-state index contributed by atoms with van der Waals surface area (Å²) in [5, 5.41) is 12.8. The first-order valence-electron chi connectivity index (χ1n) is 10.1. The Morgan fingerprint density at radius 2 is 1.93 bits per heavy atom. The second-order valence-electron chi connectivity index (χ2n) is 8.21. The number of nitrogens with two attached hydrogens (primary N) is 1. The van der Waals surface area contributed by atoms with Crippen LogP contribution in [0.4, 0.5) is 4.79 Å². The first-order chi connectivity index (χ1) is 14.1. The third-order valence-corrected chi connectivity index (χ3v) is 6.28. The Morgan fingerprint density at radius 3 is 2.59 bits per heavy atom. The Bertz CT molecular complexity index is 1030. The van der Waals surface area contributed by atoms with Crippen molar-refractivity contribution in [2.24, 2.45) is 5.73 Å². The van der Waals surface area contributed by atoms with Gasteiger partial charge in [-0.25, -0.2) is 4.79 Å². The Morgan fingerprint density at radius 1 is 1.17 bits per heavy atom. The van der Waals surface area contributed by atoms with Crippen LogP contribution < -0.4 is 11.1 Å². The minimum atomic E-state index is -0.592. The van der Waals surface area contributed by atoms with Gasteiger partial charge in [-0.1, -0.05) is 30.3 Å². The number of amides is 3. The molecule has 1 aliphatic heterocycles. The lowest BCUT2D eigenvalue weighted by atomic mass is 10.1. The van der Waals surface area contributed by atoms with Crippen molar-refractivity contribution in [1.82, 2.24) is 14.8 Å². The van der Waals surface area contributed by atoms with Gasteiger partial charge in [0.05, 0.1) is 23.4 Å². The Labute approximate surface area is 169 Å². The van der Waals surface area contributed by atoms with E-state index >= 15 is 0 Å². The summed E-state index contributed by atoms with van der Waals surface area (Å²) in [6.45, 7) is 1.44. The highest BCUT2D eigenvalue weighted by molar-refractivity contribution is 5.97. The molecule has 2 unspecified atom stereocenters. The van der Waals surface area contributed by atoms with Gasteiger partial charge < -0.3 is 20.5 Å². The second-order valence-corrected chi connectivity index (χ2v) is 8.21. The SMILES string of the molecule is N#Cc1c(C(N)=O)c2n(c1C1CC1)CCN(C(=O)NC1CC1c1ccccc1)C2. The van der Waals surface area contributed by atoms with E-state index in [-0.39, 0.29) is 12.1 Å². The van der Waals surface area contributed by atoms with Gasteiger partial charge in [-0.2, -0.15) is 5.26 Å². The number of primary amides is 1. The maximum Gasteiger partial charge on any atom is 0.318 e. The molecule has 2 aliphatic carbocycles. The number of hydrogen-bond donors (Lipinski definition) is 2. The molecule has 0 spiro atoms. The van der Waals surface area contributed by atoms with Crippen molar-refractivity contribution < 1.29 is 9.59 Å². The number of rotatable bonds is 4. The molecule has 0 bridgehead atoms. The smallest absolute Gasteiger partial charge is 0.318 e. The molecule has 1 aromatic heterocycles. The molecular weight excluding hydrogens is 366 g/mol. The quantitative estimate of drug-likeness (QED) is 0.839. The molecule has 5 rings (SSSR count). The zero-order valence-corrected chi connectivity index (χ0v) is 16.1. The Kier molecular flexibility index (Phi) is 4.09. The van der Waals surface area contributed by atoms with Crippen molar-refractivity contribution in [2.45, 2.75) is 50.2 Å². The highest BCUT2D eigenvalue weighted by Gasteiger charge is 2.41. The zero-order valence-electron chi connectivity index (χ0n) is 16.1. The van der Waals surface area contributed by atoms with Crippen LogP contribution in [0.15, 0.2) is 30.3 Å². The minimum Gasteiger partial charge on any atom is -0.366 e. The fraction of sp³-hybridized carbons (Fsp3) is 0.409. The van der Waals surface area contributed by atoms with E-state index in [2.05, 4.69) is 28.1 Å². The van der Waals surface area contributed by atoms with Crippen LogP contribution in [0.5, 0.6) is 0 Å². The molecule has 7 nitrogen and oxygen atoms in total. The summed E-state index contributed by atoms with van der Waals surface area (Å²) in [6, 6.07) is 12.4. The number of carbonyl (C=O) groups is 2. The molecule has 3 N–H and O–H groups in total. The number of nitrogens with zero attached hydrogens (tertiary/aromatic N) is 3. The molecule has 2 saturated carbocycles. The van der Waals surface area contributed by atoms with E-state index in [4.69, 9.17) is 5.73 Å². The third kappa shape index (κ3) is 3.05. The standard InChI is InChI=1S/C22H23N5O2/c23-11-16-19(21(24)28)18-12-26(8-9-27(18)20(16)14-6-7-14)22(29)25-17-10-15(17)13-4-2-1-3-5-13/h1-5,14-15,17H,6-10,12H2,(H2,24,28)(H,25,29). The van der Waals surface area contributed by atoms with Crippen LogP contribution in [0.3, 0.4) is 0 Å². The molecule has 1 aromatic carbocycles. The van der Waals surface area contributed by atoms with Crippen molar-refractivity contribution in [1.29, 1.82) is 5.26 Å². The van der Waals surface area contributed by atoms with Crippen LogP contribution in [0.1, 0.15) is 64.0 Å². The van der Waals surface area contributed by atoms with Crippen molar-refractivity contribution in [2.75, 3.05) is 6.54 Å². The van der Waals surface area contributed by atoms with E-state index in [0.717, 1.165) is 25.0 Å². The van der Waals surface area contributed by atoms with Crippen LogP contribution in [-0.2, 0) is 13.1 Å². The number of urea groups is 1. The van der Waals surface area contributed by atoms with Crippen molar-refractivity contribution in [3.63, 3.8) is 0 Å². The van der Waals surface area contributed by atoms with Gasteiger partial charge >= 0.3 is 6.03 Å². The fourth-order valence-electron chi connectivity index (χ4n) is 4.59. The maximum atomic E-state index is 12.8. The van der Waals surface area contributed by atoms with E-state index in [1.165, 1.54) is 5.56 Å². The van der Waals surface area contributed by atoms with Gasteiger partial charge in [0.1, 0.15) is 6.07 Å². The molecule has 0 saturated heterocycles. The van der Waals surface area contributed by atoms with Gasteiger partial charge in [0, 0.05) is 36.7 Å². The number of nitriles is 1. The fourth-order valence-corrected chi connectivity index (χ4v) is 4.59. The molecular formula is C22H23N5O2. The van der Waals surface area contributed by atoms with E-state index < -0.39 is 5.91 Å². The summed E-state index contributed by atoms with van der Waals surface area (Å²) in [7, 11) is 0. The topological polar surface area (TPSA) is 104 Å². The Hall–Kier alpha value is -3.27. The molecule has 2 heterocycles. The number of fused-ring (bicyclic) bond motifs is 1. The summed E-state index contributed by atoms with van der Waals surface area (Å²) in [5.41, 5.74) is 9.20. The van der Waals surface area contributed by atoms with E-state index in [1.54, 1.807) is 4.90 Å².